The molecule has 0 fully saturated rings. The topological polar surface area (TPSA) is 54.2 Å². The number of hydrogen-bond acceptors (Lipinski definition) is 5. The lowest BCUT2D eigenvalue weighted by atomic mass is 10.1. The number of fused-ring (bicyclic) bond motifs is 1. The van der Waals surface area contributed by atoms with Crippen LogP contribution in [-0.4, -0.2) is 21.6 Å². The van der Waals surface area contributed by atoms with Crippen LogP contribution >= 0.6 is 0 Å². The summed E-state index contributed by atoms with van der Waals surface area (Å²) < 4.78 is 19.3. The molecule has 0 spiro atoms. The summed E-state index contributed by atoms with van der Waals surface area (Å²) in [6.07, 6.45) is 2.59. The Kier molecular flexibility index (Phi) is 3.96. The molecule has 3 heterocycles. The van der Waals surface area contributed by atoms with Crippen molar-refractivity contribution in [3.05, 3.63) is 71.5 Å². The lowest BCUT2D eigenvalue weighted by Crippen LogP contribution is -2.30. The van der Waals surface area contributed by atoms with Gasteiger partial charge in [-0.1, -0.05) is 23.4 Å². The third-order valence-electron chi connectivity index (χ3n) is 4.15. The first-order valence-electron chi connectivity index (χ1n) is 7.91. The first-order valence-corrected chi connectivity index (χ1v) is 7.91. The van der Waals surface area contributed by atoms with Gasteiger partial charge in [-0.05, 0) is 24.3 Å². The van der Waals surface area contributed by atoms with Gasteiger partial charge in [0.05, 0.1) is 16.9 Å². The van der Waals surface area contributed by atoms with Crippen LogP contribution in [0.2, 0.25) is 0 Å². The van der Waals surface area contributed by atoms with Crippen molar-refractivity contribution < 1.29 is 8.91 Å². The zero-order valence-electron chi connectivity index (χ0n) is 13.1. The summed E-state index contributed by atoms with van der Waals surface area (Å²) in [5.41, 5.74) is 2.41. The second-order valence-electron chi connectivity index (χ2n) is 5.82. The number of aromatic nitrogens is 2. The van der Waals surface area contributed by atoms with Crippen LogP contribution in [0.1, 0.15) is 17.0 Å². The van der Waals surface area contributed by atoms with Gasteiger partial charge in [-0.25, -0.2) is 4.39 Å². The molecule has 0 amide bonds. The Morgan fingerprint density at radius 3 is 2.88 bits per heavy atom. The number of halogens is 1. The summed E-state index contributed by atoms with van der Waals surface area (Å²) >= 11 is 0. The summed E-state index contributed by atoms with van der Waals surface area (Å²) in [6, 6.07) is 12.5. The van der Waals surface area contributed by atoms with Gasteiger partial charge >= 0.3 is 0 Å². The number of nitrogens with one attached hydrogen (secondary N) is 1. The van der Waals surface area contributed by atoms with Gasteiger partial charge in [-0.15, -0.1) is 0 Å². The lowest BCUT2D eigenvalue weighted by Gasteiger charge is -2.25. The van der Waals surface area contributed by atoms with E-state index in [1.807, 2.05) is 18.2 Å². The van der Waals surface area contributed by atoms with Crippen molar-refractivity contribution in [2.75, 3.05) is 11.9 Å². The molecule has 0 atom stereocenters. The fraction of sp³-hybridized carbons (Fsp3) is 0.222. The first kappa shape index (κ1) is 14.8. The summed E-state index contributed by atoms with van der Waals surface area (Å²) in [4.78, 5) is 6.66. The second-order valence-corrected chi connectivity index (χ2v) is 5.82. The maximum Gasteiger partial charge on any atom is 0.178 e. The molecule has 0 bridgehead atoms. The average Bonchev–Trinajstić information content (AvgIpc) is 3.00. The van der Waals surface area contributed by atoms with Crippen molar-refractivity contribution in [2.45, 2.75) is 19.5 Å². The molecule has 4 rings (SSSR count). The normalized spacial score (nSPS) is 14.4. The fourth-order valence-corrected chi connectivity index (χ4v) is 2.91. The summed E-state index contributed by atoms with van der Waals surface area (Å²) in [5, 5.41) is 7.12. The molecule has 0 unspecified atom stereocenters. The average molecular weight is 324 g/mol. The van der Waals surface area contributed by atoms with E-state index in [4.69, 9.17) is 4.52 Å². The van der Waals surface area contributed by atoms with Crippen LogP contribution in [-0.2, 0) is 19.5 Å². The number of benzene rings is 1. The Hall–Kier alpha value is -2.73. The summed E-state index contributed by atoms with van der Waals surface area (Å²) in [7, 11) is 0. The Balaban J connectivity index is 1.53. The van der Waals surface area contributed by atoms with E-state index in [9.17, 15) is 4.39 Å². The number of hydrogen-bond donors (Lipinski definition) is 1. The number of anilines is 2. The standard InChI is InChI=1S/C18H17FN4O/c19-15-6-1-2-7-16(15)21-18-14-12-23(10-8-17(14)24-22-18)11-13-5-3-4-9-20-13/h1-7,9H,8,10-12H2,(H,21,22). The molecule has 3 aromatic rings. The van der Waals surface area contributed by atoms with Crippen LogP contribution in [0.4, 0.5) is 15.9 Å². The maximum atomic E-state index is 13.8. The molecule has 1 aliphatic rings. The molecule has 2 aromatic heterocycles. The predicted molar refractivity (Wildman–Crippen MR) is 88.2 cm³/mol. The van der Waals surface area contributed by atoms with Crippen LogP contribution in [0.25, 0.3) is 0 Å². The van der Waals surface area contributed by atoms with Crippen molar-refractivity contribution in [1.29, 1.82) is 0 Å². The zero-order chi connectivity index (χ0) is 16.4. The molecular weight excluding hydrogens is 307 g/mol. The molecule has 0 saturated heterocycles. The van der Waals surface area contributed by atoms with Gasteiger partial charge in [0.2, 0.25) is 0 Å². The Bertz CT molecular complexity index is 834. The molecule has 24 heavy (non-hydrogen) atoms. The SMILES string of the molecule is Fc1ccccc1Nc1noc2c1CN(Cc1ccccn1)CC2. The molecule has 6 heteroatoms. The fourth-order valence-electron chi connectivity index (χ4n) is 2.91. The van der Waals surface area contributed by atoms with Crippen molar-refractivity contribution in [2.24, 2.45) is 0 Å². The molecule has 122 valence electrons. The Morgan fingerprint density at radius 1 is 1.17 bits per heavy atom. The van der Waals surface area contributed by atoms with Gasteiger partial charge in [0, 0.05) is 32.3 Å². The molecule has 1 N–H and O–H groups in total. The summed E-state index contributed by atoms with van der Waals surface area (Å²) in [6.45, 7) is 2.36. The lowest BCUT2D eigenvalue weighted by molar-refractivity contribution is 0.226. The van der Waals surface area contributed by atoms with E-state index in [1.54, 1.807) is 24.4 Å². The highest BCUT2D eigenvalue weighted by Gasteiger charge is 2.24. The molecule has 0 radical (unpaired) electrons. The number of nitrogens with zero attached hydrogens (tertiary/aromatic N) is 3. The monoisotopic (exact) mass is 324 g/mol. The van der Waals surface area contributed by atoms with Gasteiger partial charge in [0.1, 0.15) is 11.6 Å². The van der Waals surface area contributed by atoms with E-state index < -0.39 is 0 Å². The number of para-hydroxylation sites is 1. The molecule has 0 aliphatic carbocycles. The van der Waals surface area contributed by atoms with Gasteiger partial charge < -0.3 is 9.84 Å². The van der Waals surface area contributed by atoms with Crippen molar-refractivity contribution in [3.63, 3.8) is 0 Å². The number of pyridine rings is 1. The predicted octanol–water partition coefficient (Wildman–Crippen LogP) is 3.51. The maximum absolute atomic E-state index is 13.8. The van der Waals surface area contributed by atoms with Gasteiger partial charge in [0.25, 0.3) is 0 Å². The number of rotatable bonds is 4. The first-order chi connectivity index (χ1) is 11.8. The zero-order valence-corrected chi connectivity index (χ0v) is 13.1. The minimum atomic E-state index is -0.310. The third-order valence-corrected chi connectivity index (χ3v) is 4.15. The largest absolute Gasteiger partial charge is 0.359 e. The van der Waals surface area contributed by atoms with E-state index >= 15 is 0 Å². The van der Waals surface area contributed by atoms with Crippen molar-refractivity contribution >= 4 is 11.5 Å². The molecule has 0 saturated carbocycles. The van der Waals surface area contributed by atoms with Crippen LogP contribution in [0.15, 0.2) is 53.2 Å². The van der Waals surface area contributed by atoms with E-state index in [0.717, 1.165) is 36.5 Å². The smallest absolute Gasteiger partial charge is 0.178 e. The van der Waals surface area contributed by atoms with E-state index in [2.05, 4.69) is 20.4 Å². The molecular formula is C18H17FN4O. The molecule has 1 aromatic carbocycles. The molecule has 5 nitrogen and oxygen atoms in total. The van der Waals surface area contributed by atoms with Crippen LogP contribution in [0.3, 0.4) is 0 Å². The highest BCUT2D eigenvalue weighted by molar-refractivity contribution is 5.60. The van der Waals surface area contributed by atoms with Crippen LogP contribution < -0.4 is 5.32 Å². The minimum Gasteiger partial charge on any atom is -0.359 e. The Morgan fingerprint density at radius 2 is 2.04 bits per heavy atom. The van der Waals surface area contributed by atoms with Crippen molar-refractivity contribution in [3.8, 4) is 0 Å². The van der Waals surface area contributed by atoms with E-state index in [0.29, 0.717) is 18.1 Å². The third kappa shape index (κ3) is 3.00. The Labute approximate surface area is 139 Å². The van der Waals surface area contributed by atoms with E-state index in [1.165, 1.54) is 6.07 Å². The van der Waals surface area contributed by atoms with Crippen LogP contribution in [0, 0.1) is 5.82 Å². The molecule has 1 aliphatic heterocycles. The van der Waals surface area contributed by atoms with E-state index in [-0.39, 0.29) is 5.82 Å². The second kappa shape index (κ2) is 6.41. The van der Waals surface area contributed by atoms with Gasteiger partial charge in [-0.3, -0.25) is 9.88 Å². The minimum absolute atomic E-state index is 0.310. The van der Waals surface area contributed by atoms with Crippen LogP contribution in [0.5, 0.6) is 0 Å². The highest BCUT2D eigenvalue weighted by atomic mass is 19.1. The highest BCUT2D eigenvalue weighted by Crippen LogP contribution is 2.29. The summed E-state index contributed by atoms with van der Waals surface area (Å²) in [5.74, 6) is 1.14. The van der Waals surface area contributed by atoms with Gasteiger partial charge in [0.15, 0.2) is 5.82 Å². The van der Waals surface area contributed by atoms with Crippen molar-refractivity contribution in [1.82, 2.24) is 15.0 Å². The quantitative estimate of drug-likeness (QED) is 0.796. The van der Waals surface area contributed by atoms with Gasteiger partial charge in [-0.2, -0.15) is 0 Å².